The summed E-state index contributed by atoms with van der Waals surface area (Å²) in [5.74, 6) is 2.33. The molecule has 0 saturated carbocycles. The maximum absolute atomic E-state index is 5.59. The van der Waals surface area contributed by atoms with Gasteiger partial charge in [-0.05, 0) is 49.7 Å². The molecule has 122 valence electrons. The van der Waals surface area contributed by atoms with Crippen LogP contribution in [0.15, 0.2) is 54.6 Å². The van der Waals surface area contributed by atoms with Crippen molar-refractivity contribution in [3.05, 3.63) is 66.1 Å². The lowest BCUT2D eigenvalue weighted by Gasteiger charge is -2.07. The molecule has 0 radical (unpaired) electrons. The summed E-state index contributed by atoms with van der Waals surface area (Å²) >= 11 is 0. The van der Waals surface area contributed by atoms with Gasteiger partial charge in [-0.1, -0.05) is 18.2 Å². The Morgan fingerprint density at radius 3 is 2.50 bits per heavy atom. The number of rotatable bonds is 4. The van der Waals surface area contributed by atoms with Crippen LogP contribution >= 0.6 is 0 Å². The van der Waals surface area contributed by atoms with Crippen LogP contribution in [0.25, 0.3) is 16.9 Å². The molecule has 0 fully saturated rings. The molecule has 3 aromatic rings. The Morgan fingerprint density at radius 1 is 1.04 bits per heavy atom. The van der Waals surface area contributed by atoms with E-state index in [1.54, 1.807) is 0 Å². The van der Waals surface area contributed by atoms with Gasteiger partial charge in [0.15, 0.2) is 5.69 Å². The van der Waals surface area contributed by atoms with Crippen LogP contribution < -0.4 is 9.30 Å². The third-order valence-corrected chi connectivity index (χ3v) is 4.78. The highest BCUT2D eigenvalue weighted by atomic mass is 16.5. The fourth-order valence-corrected chi connectivity index (χ4v) is 3.74. The first-order valence-corrected chi connectivity index (χ1v) is 8.72. The van der Waals surface area contributed by atoms with Gasteiger partial charge in [0.1, 0.15) is 17.1 Å². The number of para-hydroxylation sites is 1. The summed E-state index contributed by atoms with van der Waals surface area (Å²) in [7, 11) is 0. The standard InChI is InChI=1S/C21H23N2O/c1-3-24-19-13-11-17(12-14-19)21-16(2)22-15-7-10-20(22)23(21)18-8-5-4-6-9-18/h4-6,8-9,11-14H,3,7,10,15H2,1-2H3/q+1. The van der Waals surface area contributed by atoms with Gasteiger partial charge in [0.2, 0.25) is 0 Å². The van der Waals surface area contributed by atoms with Crippen molar-refractivity contribution in [2.45, 2.75) is 33.2 Å². The third kappa shape index (κ3) is 2.41. The molecular formula is C21H23N2O+. The topological polar surface area (TPSA) is 18.0 Å². The van der Waals surface area contributed by atoms with Crippen LogP contribution in [0.3, 0.4) is 0 Å². The zero-order valence-corrected chi connectivity index (χ0v) is 14.3. The Labute approximate surface area is 143 Å². The fraction of sp³-hybridized carbons (Fsp3) is 0.286. The molecular weight excluding hydrogens is 296 g/mol. The summed E-state index contributed by atoms with van der Waals surface area (Å²) in [5, 5.41) is 0. The number of hydrogen-bond donors (Lipinski definition) is 0. The van der Waals surface area contributed by atoms with Crippen LogP contribution in [0.4, 0.5) is 0 Å². The molecule has 0 aliphatic carbocycles. The first-order valence-electron chi connectivity index (χ1n) is 8.72. The normalized spacial score (nSPS) is 13.1. The number of aromatic nitrogens is 2. The van der Waals surface area contributed by atoms with Crippen molar-refractivity contribution in [1.82, 2.24) is 4.57 Å². The van der Waals surface area contributed by atoms with Crippen LogP contribution in [0.1, 0.15) is 24.9 Å². The molecule has 0 unspecified atom stereocenters. The van der Waals surface area contributed by atoms with Crippen LogP contribution in [0.2, 0.25) is 0 Å². The van der Waals surface area contributed by atoms with Gasteiger partial charge >= 0.3 is 0 Å². The predicted octanol–water partition coefficient (Wildman–Crippen LogP) is 4.09. The molecule has 24 heavy (non-hydrogen) atoms. The van der Waals surface area contributed by atoms with E-state index in [0.717, 1.165) is 18.7 Å². The second-order valence-corrected chi connectivity index (χ2v) is 6.23. The van der Waals surface area contributed by atoms with Crippen molar-refractivity contribution in [3.63, 3.8) is 0 Å². The van der Waals surface area contributed by atoms with E-state index in [1.165, 1.54) is 34.9 Å². The zero-order valence-electron chi connectivity index (χ0n) is 14.3. The van der Waals surface area contributed by atoms with Crippen molar-refractivity contribution in [3.8, 4) is 22.7 Å². The van der Waals surface area contributed by atoms with Crippen molar-refractivity contribution >= 4 is 0 Å². The average molecular weight is 319 g/mol. The number of fused-ring (bicyclic) bond motifs is 1. The number of nitrogens with zero attached hydrogens (tertiary/aromatic N) is 2. The largest absolute Gasteiger partial charge is 0.494 e. The number of imidazole rings is 1. The molecule has 0 N–H and O–H groups in total. The van der Waals surface area contributed by atoms with Crippen molar-refractivity contribution in [1.29, 1.82) is 0 Å². The first-order chi connectivity index (χ1) is 11.8. The number of ether oxygens (including phenoxy) is 1. The second-order valence-electron chi connectivity index (χ2n) is 6.23. The Hall–Kier alpha value is -2.55. The van der Waals surface area contributed by atoms with Gasteiger partial charge < -0.3 is 4.74 Å². The lowest BCUT2D eigenvalue weighted by atomic mass is 10.1. The SMILES string of the molecule is CCOc1ccc(-c2c(C)[n+]3c(n2-c2ccccc2)CCC3)cc1. The Bertz CT molecular complexity index is 848. The van der Waals surface area contributed by atoms with Gasteiger partial charge in [-0.2, -0.15) is 4.57 Å². The summed E-state index contributed by atoms with van der Waals surface area (Å²) in [6.07, 6.45) is 2.36. The molecule has 1 aromatic heterocycles. The summed E-state index contributed by atoms with van der Waals surface area (Å²) in [5.41, 5.74) is 5.11. The van der Waals surface area contributed by atoms with Crippen molar-refractivity contribution in [2.24, 2.45) is 0 Å². The molecule has 1 aliphatic heterocycles. The maximum Gasteiger partial charge on any atom is 0.262 e. The van der Waals surface area contributed by atoms with Gasteiger partial charge in [0.05, 0.1) is 19.6 Å². The summed E-state index contributed by atoms with van der Waals surface area (Å²) in [6.45, 7) is 6.06. The molecule has 0 spiro atoms. The van der Waals surface area contributed by atoms with E-state index in [0.29, 0.717) is 6.61 Å². The quantitative estimate of drug-likeness (QED) is 0.663. The highest BCUT2D eigenvalue weighted by molar-refractivity contribution is 5.65. The number of hydrogen-bond acceptors (Lipinski definition) is 1. The summed E-state index contributed by atoms with van der Waals surface area (Å²) in [6, 6.07) is 19.1. The van der Waals surface area contributed by atoms with Crippen LogP contribution in [-0.4, -0.2) is 11.2 Å². The fourth-order valence-electron chi connectivity index (χ4n) is 3.74. The van der Waals surface area contributed by atoms with Gasteiger partial charge in [-0.15, -0.1) is 0 Å². The van der Waals surface area contributed by atoms with E-state index >= 15 is 0 Å². The minimum atomic E-state index is 0.697. The van der Waals surface area contributed by atoms with Crippen LogP contribution in [0, 0.1) is 6.92 Å². The van der Waals surface area contributed by atoms with Gasteiger partial charge in [0, 0.05) is 12.5 Å². The zero-order chi connectivity index (χ0) is 16.5. The molecule has 0 atom stereocenters. The third-order valence-electron chi connectivity index (χ3n) is 4.78. The van der Waals surface area contributed by atoms with E-state index < -0.39 is 0 Å². The van der Waals surface area contributed by atoms with E-state index in [1.807, 2.05) is 6.92 Å². The van der Waals surface area contributed by atoms with E-state index in [9.17, 15) is 0 Å². The minimum Gasteiger partial charge on any atom is -0.494 e. The van der Waals surface area contributed by atoms with Crippen molar-refractivity contribution < 1.29 is 9.30 Å². The second kappa shape index (κ2) is 6.16. The smallest absolute Gasteiger partial charge is 0.262 e. The Kier molecular flexibility index (Phi) is 3.85. The first kappa shape index (κ1) is 15.0. The predicted molar refractivity (Wildman–Crippen MR) is 95.6 cm³/mol. The molecule has 2 heterocycles. The van der Waals surface area contributed by atoms with E-state index in [4.69, 9.17) is 4.74 Å². The van der Waals surface area contributed by atoms with Gasteiger partial charge in [-0.25, -0.2) is 4.57 Å². The lowest BCUT2D eigenvalue weighted by molar-refractivity contribution is -0.695. The molecule has 0 bridgehead atoms. The summed E-state index contributed by atoms with van der Waals surface area (Å²) < 4.78 is 10.5. The molecule has 4 rings (SSSR count). The maximum atomic E-state index is 5.59. The van der Waals surface area contributed by atoms with Crippen LogP contribution in [-0.2, 0) is 13.0 Å². The minimum absolute atomic E-state index is 0.697. The van der Waals surface area contributed by atoms with E-state index in [2.05, 4.69) is 70.7 Å². The number of benzene rings is 2. The van der Waals surface area contributed by atoms with E-state index in [-0.39, 0.29) is 0 Å². The molecule has 0 amide bonds. The average Bonchev–Trinajstić information content (AvgIpc) is 3.19. The summed E-state index contributed by atoms with van der Waals surface area (Å²) in [4.78, 5) is 0. The molecule has 1 aliphatic rings. The Balaban J connectivity index is 1.89. The molecule has 3 heteroatoms. The highest BCUT2D eigenvalue weighted by Gasteiger charge is 2.33. The molecule has 0 saturated heterocycles. The van der Waals surface area contributed by atoms with Gasteiger partial charge in [-0.3, -0.25) is 0 Å². The lowest BCUT2D eigenvalue weighted by Crippen LogP contribution is -2.34. The van der Waals surface area contributed by atoms with Crippen LogP contribution in [0.5, 0.6) is 5.75 Å². The van der Waals surface area contributed by atoms with Crippen molar-refractivity contribution in [2.75, 3.05) is 6.61 Å². The molecule has 3 nitrogen and oxygen atoms in total. The van der Waals surface area contributed by atoms with Gasteiger partial charge in [0.25, 0.3) is 5.82 Å². The highest BCUT2D eigenvalue weighted by Crippen LogP contribution is 2.31. The Morgan fingerprint density at radius 2 is 1.79 bits per heavy atom. The molecule has 2 aromatic carbocycles. The monoisotopic (exact) mass is 319 g/mol.